The lowest BCUT2D eigenvalue weighted by Crippen LogP contribution is -2.55. The lowest BCUT2D eigenvalue weighted by Gasteiger charge is -2.37. The Kier molecular flexibility index (Phi) is 5.06. The Morgan fingerprint density at radius 2 is 2.04 bits per heavy atom. The molecule has 0 spiro atoms. The molecule has 1 aromatic heterocycles. The van der Waals surface area contributed by atoms with Crippen LogP contribution in [0.2, 0.25) is 0 Å². The number of para-hydroxylation sites is 1. The molecule has 1 saturated heterocycles. The molecule has 27 heavy (non-hydrogen) atoms. The zero-order chi connectivity index (χ0) is 19.6. The Hall–Kier alpha value is -3.04. The first-order chi connectivity index (χ1) is 12.7. The SMILES string of the molecule is Cc1cc(C(=O)N2CC(C(=O)NCc3ccccc3OC(F)(F)F)C2)no1. The van der Waals surface area contributed by atoms with Crippen molar-refractivity contribution in [2.24, 2.45) is 5.92 Å². The topological polar surface area (TPSA) is 84.7 Å². The molecule has 1 aromatic carbocycles. The molecule has 0 saturated carbocycles. The second-order valence-corrected chi connectivity index (χ2v) is 6.10. The first-order valence-electron chi connectivity index (χ1n) is 8.07. The van der Waals surface area contributed by atoms with Crippen LogP contribution in [-0.2, 0) is 11.3 Å². The number of ether oxygens (including phenoxy) is 1. The molecule has 3 rings (SSSR count). The average Bonchev–Trinajstić information content (AvgIpc) is 2.97. The first kappa shape index (κ1) is 18.7. The van der Waals surface area contributed by atoms with E-state index in [9.17, 15) is 22.8 Å². The highest BCUT2D eigenvalue weighted by Gasteiger charge is 2.37. The zero-order valence-corrected chi connectivity index (χ0v) is 14.2. The van der Waals surface area contributed by atoms with E-state index in [1.807, 2.05) is 0 Å². The minimum Gasteiger partial charge on any atom is -0.405 e. The molecule has 1 aliphatic heterocycles. The summed E-state index contributed by atoms with van der Waals surface area (Å²) in [5.74, 6) is -0.973. The van der Waals surface area contributed by atoms with Gasteiger partial charge in [-0.25, -0.2) is 0 Å². The van der Waals surface area contributed by atoms with Crippen molar-refractivity contribution < 1.29 is 32.0 Å². The van der Waals surface area contributed by atoms with Gasteiger partial charge in [-0.3, -0.25) is 9.59 Å². The molecule has 1 N–H and O–H groups in total. The van der Waals surface area contributed by atoms with Crippen LogP contribution in [0, 0.1) is 12.8 Å². The number of carbonyl (C=O) groups excluding carboxylic acids is 2. The number of nitrogens with one attached hydrogen (secondary N) is 1. The van der Waals surface area contributed by atoms with Crippen LogP contribution in [0.5, 0.6) is 5.75 Å². The van der Waals surface area contributed by atoms with E-state index < -0.39 is 12.3 Å². The fraction of sp³-hybridized carbons (Fsp3) is 0.353. The molecule has 2 amide bonds. The summed E-state index contributed by atoms with van der Waals surface area (Å²) in [7, 11) is 0. The molecule has 0 atom stereocenters. The standard InChI is InChI=1S/C17H16F3N3O4/c1-10-6-13(22-27-10)16(25)23-8-12(9-23)15(24)21-7-11-4-2-3-5-14(11)26-17(18,19)20/h2-6,12H,7-9H2,1H3,(H,21,24). The van der Waals surface area contributed by atoms with E-state index in [0.29, 0.717) is 5.76 Å². The molecule has 0 bridgehead atoms. The maximum Gasteiger partial charge on any atom is 0.573 e. The van der Waals surface area contributed by atoms with Gasteiger partial charge < -0.3 is 19.5 Å². The maximum absolute atomic E-state index is 12.4. The molecule has 144 valence electrons. The first-order valence-corrected chi connectivity index (χ1v) is 8.07. The number of rotatable bonds is 5. The highest BCUT2D eigenvalue weighted by molar-refractivity contribution is 5.94. The van der Waals surface area contributed by atoms with Gasteiger partial charge in [-0.05, 0) is 13.0 Å². The van der Waals surface area contributed by atoms with Crippen molar-refractivity contribution in [3.05, 3.63) is 47.3 Å². The molecule has 2 heterocycles. The van der Waals surface area contributed by atoms with Crippen molar-refractivity contribution in [1.29, 1.82) is 0 Å². The normalized spacial score (nSPS) is 14.6. The highest BCUT2D eigenvalue weighted by Crippen LogP contribution is 2.26. The van der Waals surface area contributed by atoms with E-state index in [0.717, 1.165) is 0 Å². The van der Waals surface area contributed by atoms with Crippen molar-refractivity contribution in [2.45, 2.75) is 19.8 Å². The number of alkyl halides is 3. The van der Waals surface area contributed by atoms with Crippen LogP contribution in [0.4, 0.5) is 13.2 Å². The lowest BCUT2D eigenvalue weighted by molar-refractivity contribution is -0.274. The minimum absolute atomic E-state index is 0.113. The summed E-state index contributed by atoms with van der Waals surface area (Å²) >= 11 is 0. The van der Waals surface area contributed by atoms with E-state index in [1.165, 1.54) is 29.2 Å². The molecule has 1 fully saturated rings. The van der Waals surface area contributed by atoms with Crippen molar-refractivity contribution in [2.75, 3.05) is 13.1 Å². The fourth-order valence-electron chi connectivity index (χ4n) is 2.64. The summed E-state index contributed by atoms with van der Waals surface area (Å²) in [4.78, 5) is 25.7. The fourth-order valence-corrected chi connectivity index (χ4v) is 2.64. The van der Waals surface area contributed by atoms with E-state index in [4.69, 9.17) is 4.52 Å². The van der Waals surface area contributed by atoms with Gasteiger partial charge in [-0.1, -0.05) is 23.4 Å². The van der Waals surface area contributed by atoms with Crippen molar-refractivity contribution in [3.8, 4) is 5.75 Å². The minimum atomic E-state index is -4.81. The molecule has 2 aromatic rings. The Morgan fingerprint density at radius 1 is 1.33 bits per heavy atom. The van der Waals surface area contributed by atoms with Gasteiger partial charge in [-0.15, -0.1) is 13.2 Å². The summed E-state index contributed by atoms with van der Waals surface area (Å²) in [6.45, 7) is 1.96. The summed E-state index contributed by atoms with van der Waals surface area (Å²) < 4.78 is 46.0. The molecular weight excluding hydrogens is 367 g/mol. The number of amides is 2. The van der Waals surface area contributed by atoms with Crippen LogP contribution in [-0.4, -0.2) is 41.3 Å². The highest BCUT2D eigenvalue weighted by atomic mass is 19.4. The number of aryl methyl sites for hydroxylation is 1. The average molecular weight is 383 g/mol. The molecule has 0 unspecified atom stereocenters. The molecule has 10 heteroatoms. The number of carbonyl (C=O) groups is 2. The maximum atomic E-state index is 12.4. The monoisotopic (exact) mass is 383 g/mol. The summed E-state index contributed by atoms with van der Waals surface area (Å²) in [6.07, 6.45) is -4.81. The number of halogens is 3. The number of hydrogen-bond donors (Lipinski definition) is 1. The van der Waals surface area contributed by atoms with Gasteiger partial charge in [0.1, 0.15) is 11.5 Å². The third-order valence-corrected chi connectivity index (χ3v) is 4.04. The van der Waals surface area contributed by atoms with Gasteiger partial charge in [0.05, 0.1) is 5.92 Å². The second-order valence-electron chi connectivity index (χ2n) is 6.10. The Balaban J connectivity index is 1.51. The predicted octanol–water partition coefficient (Wildman–Crippen LogP) is 2.27. The van der Waals surface area contributed by atoms with Gasteiger partial charge in [-0.2, -0.15) is 0 Å². The van der Waals surface area contributed by atoms with Crippen LogP contribution in [0.1, 0.15) is 21.8 Å². The van der Waals surface area contributed by atoms with E-state index >= 15 is 0 Å². The third-order valence-electron chi connectivity index (χ3n) is 4.04. The number of aromatic nitrogens is 1. The van der Waals surface area contributed by atoms with Crippen LogP contribution >= 0.6 is 0 Å². The van der Waals surface area contributed by atoms with Gasteiger partial charge in [0.25, 0.3) is 5.91 Å². The summed E-state index contributed by atoms with van der Waals surface area (Å²) in [6, 6.07) is 7.08. The number of likely N-dealkylation sites (tertiary alicyclic amines) is 1. The molecule has 7 nitrogen and oxygen atoms in total. The number of hydrogen-bond acceptors (Lipinski definition) is 5. The summed E-state index contributed by atoms with van der Waals surface area (Å²) in [5, 5.41) is 6.20. The van der Waals surface area contributed by atoms with Crippen molar-refractivity contribution in [1.82, 2.24) is 15.4 Å². The third kappa shape index (κ3) is 4.57. The van der Waals surface area contributed by atoms with Crippen LogP contribution < -0.4 is 10.1 Å². The molecular formula is C17H16F3N3O4. The quantitative estimate of drug-likeness (QED) is 0.856. The largest absolute Gasteiger partial charge is 0.573 e. The molecule has 1 aliphatic rings. The van der Waals surface area contributed by atoms with E-state index in [1.54, 1.807) is 13.0 Å². The Labute approximate surface area is 152 Å². The molecule has 0 aliphatic carbocycles. The van der Waals surface area contributed by atoms with E-state index in [-0.39, 0.29) is 48.5 Å². The summed E-state index contributed by atoms with van der Waals surface area (Å²) in [5.41, 5.74) is 0.373. The van der Waals surface area contributed by atoms with Crippen molar-refractivity contribution in [3.63, 3.8) is 0 Å². The van der Waals surface area contributed by atoms with E-state index in [2.05, 4.69) is 15.2 Å². The second kappa shape index (κ2) is 7.29. The Bertz CT molecular complexity index is 844. The van der Waals surface area contributed by atoms with Crippen LogP contribution in [0.25, 0.3) is 0 Å². The van der Waals surface area contributed by atoms with Gasteiger partial charge in [0, 0.05) is 31.3 Å². The smallest absolute Gasteiger partial charge is 0.405 e. The number of nitrogens with zero attached hydrogens (tertiary/aromatic N) is 2. The van der Waals surface area contributed by atoms with Crippen LogP contribution in [0.15, 0.2) is 34.9 Å². The van der Waals surface area contributed by atoms with Gasteiger partial charge in [0.15, 0.2) is 5.69 Å². The molecule has 0 radical (unpaired) electrons. The van der Waals surface area contributed by atoms with Gasteiger partial charge >= 0.3 is 6.36 Å². The van der Waals surface area contributed by atoms with Crippen molar-refractivity contribution >= 4 is 11.8 Å². The predicted molar refractivity (Wildman–Crippen MR) is 85.6 cm³/mol. The van der Waals surface area contributed by atoms with Gasteiger partial charge in [0.2, 0.25) is 5.91 Å². The zero-order valence-electron chi connectivity index (χ0n) is 14.2. The van der Waals surface area contributed by atoms with Crippen LogP contribution in [0.3, 0.4) is 0 Å². The lowest BCUT2D eigenvalue weighted by atomic mass is 9.98. The Morgan fingerprint density at radius 3 is 2.67 bits per heavy atom. The number of benzene rings is 1.